The summed E-state index contributed by atoms with van der Waals surface area (Å²) in [6, 6.07) is 1.66. The number of aromatic nitrogens is 3. The van der Waals surface area contributed by atoms with Crippen molar-refractivity contribution in [1.82, 2.24) is 25.0 Å². The molecule has 10 heteroatoms. The third-order valence-corrected chi connectivity index (χ3v) is 3.34. The maximum Gasteiger partial charge on any atom is 0.416 e. The van der Waals surface area contributed by atoms with Crippen molar-refractivity contribution in [2.24, 2.45) is 7.05 Å². The molecule has 130 valence electrons. The topological polar surface area (TPSA) is 63.1 Å². The largest absolute Gasteiger partial charge is 0.416 e. The fraction of sp³-hybridized carbons (Fsp3) is 0.357. The number of hydrogen-bond donors (Lipinski definition) is 1. The molecule has 0 aliphatic heterocycles. The zero-order valence-electron chi connectivity index (χ0n) is 12.9. The molecule has 0 spiro atoms. The van der Waals surface area contributed by atoms with Gasteiger partial charge in [-0.1, -0.05) is 6.07 Å². The average Bonchev–Trinajstić information content (AvgIpc) is 2.89. The molecule has 0 unspecified atom stereocenters. The summed E-state index contributed by atoms with van der Waals surface area (Å²) in [7, 11) is 3.23. The van der Waals surface area contributed by atoms with Gasteiger partial charge in [0.05, 0.1) is 12.1 Å². The predicted molar refractivity (Wildman–Crippen MR) is 76.1 cm³/mol. The maximum atomic E-state index is 13.7. The molecular weight excluding hydrogens is 330 g/mol. The van der Waals surface area contributed by atoms with Crippen LogP contribution in [0.1, 0.15) is 17.0 Å². The molecule has 2 aromatic rings. The van der Waals surface area contributed by atoms with Crippen LogP contribution in [0.4, 0.5) is 22.4 Å². The predicted octanol–water partition coefficient (Wildman–Crippen LogP) is 2.31. The van der Waals surface area contributed by atoms with Gasteiger partial charge in [-0.15, -0.1) is 10.2 Å². The summed E-state index contributed by atoms with van der Waals surface area (Å²) in [6.45, 7) is -0.0518. The lowest BCUT2D eigenvalue weighted by Gasteiger charge is -2.17. The van der Waals surface area contributed by atoms with Crippen LogP contribution in [-0.4, -0.2) is 32.7 Å². The second-order valence-corrected chi connectivity index (χ2v) is 5.18. The van der Waals surface area contributed by atoms with Crippen molar-refractivity contribution in [3.8, 4) is 0 Å². The van der Waals surface area contributed by atoms with Gasteiger partial charge in [0.25, 0.3) is 0 Å². The van der Waals surface area contributed by atoms with E-state index in [2.05, 4.69) is 15.5 Å². The first-order valence-electron chi connectivity index (χ1n) is 6.86. The molecule has 0 saturated carbocycles. The number of urea groups is 1. The van der Waals surface area contributed by atoms with Gasteiger partial charge in [-0.3, -0.25) is 0 Å². The average molecular weight is 345 g/mol. The van der Waals surface area contributed by atoms with E-state index in [-0.39, 0.29) is 18.7 Å². The van der Waals surface area contributed by atoms with Crippen LogP contribution >= 0.6 is 0 Å². The van der Waals surface area contributed by atoms with Crippen molar-refractivity contribution < 1.29 is 22.4 Å². The second-order valence-electron chi connectivity index (χ2n) is 5.18. The highest BCUT2D eigenvalue weighted by Gasteiger charge is 2.31. The van der Waals surface area contributed by atoms with Crippen molar-refractivity contribution in [1.29, 1.82) is 0 Å². The van der Waals surface area contributed by atoms with Gasteiger partial charge in [0, 0.05) is 26.2 Å². The SMILES string of the molecule is CN(Cc1nncn1C)C(=O)NCc1ccc(C(F)(F)F)cc1F. The van der Waals surface area contributed by atoms with Gasteiger partial charge in [-0.2, -0.15) is 13.2 Å². The van der Waals surface area contributed by atoms with E-state index < -0.39 is 23.6 Å². The molecule has 1 aromatic carbocycles. The molecule has 6 nitrogen and oxygen atoms in total. The van der Waals surface area contributed by atoms with Crippen LogP contribution in [-0.2, 0) is 26.3 Å². The number of benzene rings is 1. The summed E-state index contributed by atoms with van der Waals surface area (Å²) in [4.78, 5) is 13.2. The highest BCUT2D eigenvalue weighted by Crippen LogP contribution is 2.30. The minimum Gasteiger partial charge on any atom is -0.334 e. The number of carbonyl (C=O) groups excluding carboxylic acids is 1. The van der Waals surface area contributed by atoms with E-state index in [1.807, 2.05) is 0 Å². The van der Waals surface area contributed by atoms with Crippen LogP contribution in [0.5, 0.6) is 0 Å². The van der Waals surface area contributed by atoms with Gasteiger partial charge < -0.3 is 14.8 Å². The van der Waals surface area contributed by atoms with E-state index in [1.165, 1.54) is 18.3 Å². The number of aryl methyl sites for hydroxylation is 1. The van der Waals surface area contributed by atoms with Crippen LogP contribution in [0, 0.1) is 5.82 Å². The van der Waals surface area contributed by atoms with Crippen molar-refractivity contribution in [2.75, 3.05) is 7.05 Å². The highest BCUT2D eigenvalue weighted by atomic mass is 19.4. The number of rotatable bonds is 4. The lowest BCUT2D eigenvalue weighted by molar-refractivity contribution is -0.137. The first-order valence-corrected chi connectivity index (χ1v) is 6.86. The molecule has 0 radical (unpaired) electrons. The number of halogens is 4. The molecular formula is C14H15F4N5O. The molecule has 1 N–H and O–H groups in total. The van der Waals surface area contributed by atoms with Crippen LogP contribution in [0.25, 0.3) is 0 Å². The van der Waals surface area contributed by atoms with Gasteiger partial charge in [-0.05, 0) is 12.1 Å². The zero-order chi connectivity index (χ0) is 17.9. The lowest BCUT2D eigenvalue weighted by atomic mass is 10.1. The monoisotopic (exact) mass is 345 g/mol. The molecule has 24 heavy (non-hydrogen) atoms. The van der Waals surface area contributed by atoms with E-state index >= 15 is 0 Å². The van der Waals surface area contributed by atoms with Gasteiger partial charge in [0.15, 0.2) is 5.82 Å². The van der Waals surface area contributed by atoms with Crippen LogP contribution in [0.2, 0.25) is 0 Å². The van der Waals surface area contributed by atoms with Gasteiger partial charge in [0.1, 0.15) is 12.1 Å². The number of carbonyl (C=O) groups is 1. The fourth-order valence-corrected chi connectivity index (χ4v) is 1.91. The fourth-order valence-electron chi connectivity index (χ4n) is 1.91. The smallest absolute Gasteiger partial charge is 0.334 e. The third kappa shape index (κ3) is 4.21. The Kier molecular flexibility index (Phi) is 5.05. The Hall–Kier alpha value is -2.65. The van der Waals surface area contributed by atoms with Crippen LogP contribution in [0.3, 0.4) is 0 Å². The highest BCUT2D eigenvalue weighted by molar-refractivity contribution is 5.73. The van der Waals surface area contributed by atoms with Gasteiger partial charge in [-0.25, -0.2) is 9.18 Å². The van der Waals surface area contributed by atoms with Crippen molar-refractivity contribution in [3.05, 3.63) is 47.3 Å². The summed E-state index contributed by atoms with van der Waals surface area (Å²) in [5, 5.41) is 9.95. The molecule has 2 amide bonds. The van der Waals surface area contributed by atoms with E-state index in [1.54, 1.807) is 11.6 Å². The summed E-state index contributed by atoms with van der Waals surface area (Å²) in [5.74, 6) is -0.477. The molecule has 1 heterocycles. The normalized spacial score (nSPS) is 11.4. The van der Waals surface area contributed by atoms with Crippen molar-refractivity contribution in [2.45, 2.75) is 19.3 Å². The van der Waals surface area contributed by atoms with Crippen molar-refractivity contribution >= 4 is 6.03 Å². The van der Waals surface area contributed by atoms with E-state index in [0.717, 1.165) is 12.1 Å². The summed E-state index contributed by atoms with van der Waals surface area (Å²) < 4.78 is 52.8. The number of hydrogen-bond acceptors (Lipinski definition) is 3. The Morgan fingerprint density at radius 1 is 1.38 bits per heavy atom. The number of nitrogens with one attached hydrogen (secondary N) is 1. The molecule has 0 fully saturated rings. The molecule has 0 aliphatic carbocycles. The summed E-state index contributed by atoms with van der Waals surface area (Å²) >= 11 is 0. The minimum atomic E-state index is -4.61. The molecule has 0 aliphatic rings. The molecule has 0 atom stereocenters. The molecule has 2 rings (SSSR count). The Morgan fingerprint density at radius 3 is 2.62 bits per heavy atom. The van der Waals surface area contributed by atoms with E-state index in [9.17, 15) is 22.4 Å². The first-order chi connectivity index (χ1) is 11.2. The third-order valence-electron chi connectivity index (χ3n) is 3.34. The standard InChI is InChI=1S/C14H15F4N5O/c1-22(7-12-21-20-8-23(12)2)13(24)19-6-9-3-4-10(5-11(9)15)14(16,17)18/h3-5,8H,6-7H2,1-2H3,(H,19,24). The minimum absolute atomic E-state index is 0.0385. The second kappa shape index (κ2) is 6.85. The van der Waals surface area contributed by atoms with Crippen molar-refractivity contribution in [3.63, 3.8) is 0 Å². The Bertz CT molecular complexity index is 728. The molecule has 0 saturated heterocycles. The van der Waals surface area contributed by atoms with Gasteiger partial charge >= 0.3 is 12.2 Å². The number of nitrogens with zero attached hydrogens (tertiary/aromatic N) is 4. The lowest BCUT2D eigenvalue weighted by Crippen LogP contribution is -2.37. The number of amides is 2. The summed E-state index contributed by atoms with van der Waals surface area (Å²) in [6.07, 6.45) is -3.13. The number of alkyl halides is 3. The molecule has 1 aromatic heterocycles. The first kappa shape index (κ1) is 17.7. The molecule has 0 bridgehead atoms. The Morgan fingerprint density at radius 2 is 2.08 bits per heavy atom. The zero-order valence-corrected chi connectivity index (χ0v) is 12.9. The quantitative estimate of drug-likeness (QED) is 0.865. The van der Waals surface area contributed by atoms with E-state index in [0.29, 0.717) is 11.9 Å². The van der Waals surface area contributed by atoms with E-state index in [4.69, 9.17) is 0 Å². The van der Waals surface area contributed by atoms with Gasteiger partial charge in [0.2, 0.25) is 0 Å². The summed E-state index contributed by atoms with van der Waals surface area (Å²) in [5.41, 5.74) is -1.11. The Balaban J connectivity index is 1.95. The van der Waals surface area contributed by atoms with Crippen LogP contribution in [0.15, 0.2) is 24.5 Å². The maximum absolute atomic E-state index is 13.7. The van der Waals surface area contributed by atoms with Crippen LogP contribution < -0.4 is 5.32 Å². The Labute approximate surface area is 135 Å².